The van der Waals surface area contributed by atoms with Crippen molar-refractivity contribution in [2.75, 3.05) is 38.1 Å². The highest BCUT2D eigenvalue weighted by atomic mass is 32.2. The number of amidine groups is 1. The summed E-state index contributed by atoms with van der Waals surface area (Å²) in [5, 5.41) is 3.01. The van der Waals surface area contributed by atoms with Crippen molar-refractivity contribution in [2.24, 2.45) is 4.99 Å². The van der Waals surface area contributed by atoms with E-state index in [1.54, 1.807) is 30.5 Å². The van der Waals surface area contributed by atoms with E-state index in [4.69, 9.17) is 0 Å². The standard InChI is InChI=1S/C24H32N6O3S/c1-3-4-10-20(27-22-19-9-5-6-11-21(19)34(32,33)28-22)24(31)26-17-18-8-7-12-25-23(18)30-15-13-29(2)14-16-30/h5-9,11-12,20H,3-4,10,13-17H2,1-2H3,(H,26,31)(H,27,28). The van der Waals surface area contributed by atoms with Crippen molar-refractivity contribution in [1.29, 1.82) is 0 Å². The predicted octanol–water partition coefficient (Wildman–Crippen LogP) is 1.75. The summed E-state index contributed by atoms with van der Waals surface area (Å²) in [7, 11) is -1.54. The normalized spacial score (nSPS) is 19.5. The summed E-state index contributed by atoms with van der Waals surface area (Å²) in [5.41, 5.74) is 1.45. The number of piperazine rings is 1. The number of unbranched alkanes of at least 4 members (excludes halogenated alkanes) is 1. The number of carbonyl (C=O) groups excluding carboxylic acids is 1. The van der Waals surface area contributed by atoms with E-state index < -0.39 is 16.1 Å². The van der Waals surface area contributed by atoms with E-state index in [0.29, 0.717) is 18.5 Å². The molecule has 1 unspecified atom stereocenters. The number of carbonyl (C=O) groups is 1. The smallest absolute Gasteiger partial charge is 0.263 e. The van der Waals surface area contributed by atoms with Crippen LogP contribution in [0.25, 0.3) is 0 Å². The fourth-order valence-corrected chi connectivity index (χ4v) is 5.45. The van der Waals surface area contributed by atoms with Crippen LogP contribution in [0.15, 0.2) is 52.5 Å². The molecule has 1 saturated heterocycles. The van der Waals surface area contributed by atoms with Gasteiger partial charge in [0.25, 0.3) is 10.0 Å². The minimum Gasteiger partial charge on any atom is -0.354 e. The Morgan fingerprint density at radius 1 is 1.18 bits per heavy atom. The lowest BCUT2D eigenvalue weighted by molar-refractivity contribution is -0.122. The third-order valence-electron chi connectivity index (χ3n) is 6.20. The molecule has 1 aromatic heterocycles. The second kappa shape index (κ2) is 10.5. The summed E-state index contributed by atoms with van der Waals surface area (Å²) in [5.74, 6) is 0.897. The van der Waals surface area contributed by atoms with Gasteiger partial charge in [-0.3, -0.25) is 14.5 Å². The minimum absolute atomic E-state index is 0.190. The highest BCUT2D eigenvalue weighted by molar-refractivity contribution is 7.90. The molecule has 0 spiro atoms. The average Bonchev–Trinajstić information content (AvgIpc) is 3.10. The van der Waals surface area contributed by atoms with E-state index in [1.165, 1.54) is 0 Å². The Hall–Kier alpha value is -2.98. The first-order valence-corrected chi connectivity index (χ1v) is 13.2. The Bertz CT molecular complexity index is 1160. The predicted molar refractivity (Wildman–Crippen MR) is 132 cm³/mol. The number of likely N-dealkylation sites (N-methyl/N-ethyl adjacent to an activating group) is 1. The van der Waals surface area contributed by atoms with E-state index in [9.17, 15) is 13.2 Å². The van der Waals surface area contributed by atoms with Crippen LogP contribution in [0.4, 0.5) is 5.82 Å². The Balaban J connectivity index is 1.50. The lowest BCUT2D eigenvalue weighted by atomic mass is 10.1. The van der Waals surface area contributed by atoms with Crippen LogP contribution in [0.3, 0.4) is 0 Å². The number of anilines is 1. The Labute approximate surface area is 201 Å². The molecule has 1 amide bonds. The van der Waals surface area contributed by atoms with E-state index in [1.807, 2.05) is 19.1 Å². The molecule has 4 rings (SSSR count). The largest absolute Gasteiger partial charge is 0.354 e. The molecule has 2 N–H and O–H groups in total. The van der Waals surface area contributed by atoms with E-state index >= 15 is 0 Å². The summed E-state index contributed by atoms with van der Waals surface area (Å²) in [4.78, 5) is 27.0. The van der Waals surface area contributed by atoms with E-state index in [0.717, 1.165) is 50.4 Å². The minimum atomic E-state index is -3.65. The Morgan fingerprint density at radius 3 is 2.71 bits per heavy atom. The van der Waals surface area contributed by atoms with Crippen LogP contribution in [0.2, 0.25) is 0 Å². The first kappa shape index (κ1) is 24.2. The summed E-state index contributed by atoms with van der Waals surface area (Å²) in [6.45, 7) is 6.10. The fourth-order valence-electron chi connectivity index (χ4n) is 4.21. The van der Waals surface area contributed by atoms with Crippen LogP contribution in [-0.2, 0) is 21.4 Å². The monoisotopic (exact) mass is 484 g/mol. The van der Waals surface area contributed by atoms with Gasteiger partial charge >= 0.3 is 0 Å². The highest BCUT2D eigenvalue weighted by Gasteiger charge is 2.31. The number of aliphatic imine (C=N–C) groups is 1. The number of rotatable bonds is 8. The molecule has 182 valence electrons. The zero-order chi connectivity index (χ0) is 24.1. The third kappa shape index (κ3) is 5.39. The molecule has 2 aromatic rings. The van der Waals surface area contributed by atoms with Crippen molar-refractivity contribution in [3.8, 4) is 0 Å². The molecule has 10 heteroatoms. The van der Waals surface area contributed by atoms with E-state index in [-0.39, 0.29) is 16.6 Å². The number of hydrogen-bond donors (Lipinski definition) is 2. The molecule has 0 aliphatic carbocycles. The summed E-state index contributed by atoms with van der Waals surface area (Å²) >= 11 is 0. The molecule has 2 aliphatic rings. The Kier molecular flexibility index (Phi) is 7.47. The van der Waals surface area contributed by atoms with Crippen molar-refractivity contribution in [3.05, 3.63) is 53.7 Å². The summed E-state index contributed by atoms with van der Waals surface area (Å²) in [6, 6.07) is 9.86. The second-order valence-electron chi connectivity index (χ2n) is 8.73. The molecular formula is C24H32N6O3S. The van der Waals surface area contributed by atoms with Crippen LogP contribution >= 0.6 is 0 Å². The van der Waals surface area contributed by atoms with Crippen LogP contribution in [0, 0.1) is 0 Å². The van der Waals surface area contributed by atoms with Gasteiger partial charge in [0.1, 0.15) is 17.7 Å². The maximum atomic E-state index is 13.2. The quantitative estimate of drug-likeness (QED) is 0.591. The number of fused-ring (bicyclic) bond motifs is 1. The lowest BCUT2D eigenvalue weighted by Crippen LogP contribution is -2.45. The maximum Gasteiger partial charge on any atom is 0.263 e. The number of pyridine rings is 1. The SMILES string of the molecule is CCCCC(N=C1NS(=O)(=O)c2ccccc21)C(=O)NCc1cccnc1N1CCN(C)CC1. The molecule has 1 aromatic carbocycles. The zero-order valence-electron chi connectivity index (χ0n) is 19.7. The number of aromatic nitrogens is 1. The van der Waals surface area contributed by atoms with Crippen LogP contribution in [-0.4, -0.2) is 69.3 Å². The highest BCUT2D eigenvalue weighted by Crippen LogP contribution is 2.23. The van der Waals surface area contributed by atoms with Gasteiger partial charge in [-0.2, -0.15) is 0 Å². The zero-order valence-corrected chi connectivity index (χ0v) is 20.5. The van der Waals surface area contributed by atoms with Crippen molar-refractivity contribution < 1.29 is 13.2 Å². The van der Waals surface area contributed by atoms with Gasteiger partial charge in [0, 0.05) is 50.0 Å². The van der Waals surface area contributed by atoms with Gasteiger partial charge in [-0.15, -0.1) is 0 Å². The molecular weight excluding hydrogens is 452 g/mol. The topological polar surface area (TPSA) is 107 Å². The molecule has 0 radical (unpaired) electrons. The van der Waals surface area contributed by atoms with Gasteiger partial charge in [0.2, 0.25) is 5.91 Å². The molecule has 3 heterocycles. The maximum absolute atomic E-state index is 13.2. The van der Waals surface area contributed by atoms with Crippen molar-refractivity contribution in [1.82, 2.24) is 19.9 Å². The molecule has 1 atom stereocenters. The number of benzene rings is 1. The molecule has 0 saturated carbocycles. The van der Waals surface area contributed by atoms with Gasteiger partial charge in [0.05, 0.1) is 4.90 Å². The number of amides is 1. The molecule has 0 bridgehead atoms. The number of nitrogens with one attached hydrogen (secondary N) is 2. The van der Waals surface area contributed by atoms with Gasteiger partial charge in [-0.25, -0.2) is 13.4 Å². The molecule has 9 nitrogen and oxygen atoms in total. The first-order valence-electron chi connectivity index (χ1n) is 11.7. The fraction of sp³-hybridized carbons (Fsp3) is 0.458. The Morgan fingerprint density at radius 2 is 1.94 bits per heavy atom. The van der Waals surface area contributed by atoms with E-state index in [2.05, 4.69) is 36.9 Å². The van der Waals surface area contributed by atoms with Gasteiger partial charge in [0.15, 0.2) is 0 Å². The van der Waals surface area contributed by atoms with Gasteiger partial charge < -0.3 is 15.1 Å². The van der Waals surface area contributed by atoms with Crippen molar-refractivity contribution in [2.45, 2.75) is 43.7 Å². The first-order chi connectivity index (χ1) is 16.4. The van der Waals surface area contributed by atoms with Gasteiger partial charge in [-0.1, -0.05) is 38.0 Å². The summed E-state index contributed by atoms with van der Waals surface area (Å²) < 4.78 is 27.4. The second-order valence-corrected chi connectivity index (χ2v) is 10.4. The van der Waals surface area contributed by atoms with Crippen molar-refractivity contribution >= 4 is 27.6 Å². The average molecular weight is 485 g/mol. The number of nitrogens with zero attached hydrogens (tertiary/aromatic N) is 4. The molecule has 2 aliphatic heterocycles. The molecule has 1 fully saturated rings. The third-order valence-corrected chi connectivity index (χ3v) is 7.60. The lowest BCUT2D eigenvalue weighted by Gasteiger charge is -2.34. The van der Waals surface area contributed by atoms with Crippen LogP contribution in [0.1, 0.15) is 37.3 Å². The van der Waals surface area contributed by atoms with Gasteiger partial charge in [-0.05, 0) is 31.7 Å². The summed E-state index contributed by atoms with van der Waals surface area (Å²) in [6.07, 6.45) is 4.03. The van der Waals surface area contributed by atoms with Crippen LogP contribution in [0.5, 0.6) is 0 Å². The number of sulfonamides is 1. The number of hydrogen-bond acceptors (Lipinski definition) is 7. The molecule has 34 heavy (non-hydrogen) atoms. The van der Waals surface area contributed by atoms with Crippen LogP contribution < -0.4 is 14.9 Å². The van der Waals surface area contributed by atoms with Crippen molar-refractivity contribution in [3.63, 3.8) is 0 Å².